The van der Waals surface area contributed by atoms with Gasteiger partial charge in [-0.1, -0.05) is 6.42 Å². The van der Waals surface area contributed by atoms with E-state index in [9.17, 15) is 22.3 Å². The highest BCUT2D eigenvalue weighted by molar-refractivity contribution is 7.92. The molecule has 0 amide bonds. The maximum Gasteiger partial charge on any atom is 0.274 e. The fourth-order valence-corrected chi connectivity index (χ4v) is 4.94. The van der Waals surface area contributed by atoms with E-state index in [0.29, 0.717) is 19.3 Å². The first-order valence-electron chi connectivity index (χ1n) is 5.12. The molecule has 3 nitrogen and oxygen atoms in total. The summed E-state index contributed by atoms with van der Waals surface area (Å²) in [5, 5.41) is 7.56. The molecule has 15 heavy (non-hydrogen) atoms. The SMILES string of the molecule is O=S1(=O)C2CCCC1CC(F)(F)C(O)C2. The summed E-state index contributed by atoms with van der Waals surface area (Å²) < 4.78 is 50.3. The molecule has 2 bridgehead atoms. The van der Waals surface area contributed by atoms with Gasteiger partial charge in [0.2, 0.25) is 0 Å². The van der Waals surface area contributed by atoms with Crippen LogP contribution in [0.5, 0.6) is 0 Å². The maximum absolute atomic E-state index is 13.3. The van der Waals surface area contributed by atoms with Gasteiger partial charge in [-0.25, -0.2) is 17.2 Å². The molecule has 0 spiro atoms. The predicted molar refractivity (Wildman–Crippen MR) is 50.5 cm³/mol. The summed E-state index contributed by atoms with van der Waals surface area (Å²) in [6.07, 6.45) is -1.45. The van der Waals surface area contributed by atoms with Crippen molar-refractivity contribution in [3.8, 4) is 0 Å². The zero-order valence-electron chi connectivity index (χ0n) is 8.20. The highest BCUT2D eigenvalue weighted by atomic mass is 32.2. The molecule has 88 valence electrons. The molecule has 0 radical (unpaired) electrons. The van der Waals surface area contributed by atoms with Crippen molar-refractivity contribution in [2.75, 3.05) is 0 Å². The van der Waals surface area contributed by atoms with Crippen molar-refractivity contribution in [1.29, 1.82) is 0 Å². The fraction of sp³-hybridized carbons (Fsp3) is 1.00. The Bertz CT molecular complexity index is 352. The van der Waals surface area contributed by atoms with Crippen LogP contribution in [0.2, 0.25) is 0 Å². The van der Waals surface area contributed by atoms with Crippen molar-refractivity contribution in [3.63, 3.8) is 0 Å². The number of halogens is 2. The lowest BCUT2D eigenvalue weighted by Crippen LogP contribution is -2.36. The molecule has 1 N–H and O–H groups in total. The molecular formula is C9H14F2O3S. The van der Waals surface area contributed by atoms with E-state index in [2.05, 4.69) is 0 Å². The first-order valence-corrected chi connectivity index (χ1v) is 6.73. The van der Waals surface area contributed by atoms with Crippen molar-refractivity contribution in [2.45, 2.75) is 54.6 Å². The molecule has 2 saturated heterocycles. The van der Waals surface area contributed by atoms with E-state index in [1.54, 1.807) is 0 Å². The Balaban J connectivity index is 2.38. The Morgan fingerprint density at radius 1 is 1.20 bits per heavy atom. The normalized spacial score (nSPS) is 43.3. The van der Waals surface area contributed by atoms with Crippen molar-refractivity contribution in [2.24, 2.45) is 0 Å². The average Bonchev–Trinajstić information content (AvgIpc) is 2.17. The molecule has 6 heteroatoms. The summed E-state index contributed by atoms with van der Waals surface area (Å²) in [4.78, 5) is 0. The van der Waals surface area contributed by atoms with E-state index in [0.717, 1.165) is 0 Å². The lowest BCUT2D eigenvalue weighted by Gasteiger charge is -2.26. The topological polar surface area (TPSA) is 54.4 Å². The van der Waals surface area contributed by atoms with Crippen LogP contribution in [-0.2, 0) is 9.84 Å². The Labute approximate surface area is 87.4 Å². The standard InChI is InChI=1S/C9H14F2O3S/c10-9(11)5-7-3-1-2-6(4-8(9)12)15(7,13)14/h6-8,12H,1-5H2. The number of sulfone groups is 1. The zero-order valence-corrected chi connectivity index (χ0v) is 9.01. The largest absolute Gasteiger partial charge is 0.387 e. The Morgan fingerprint density at radius 3 is 2.47 bits per heavy atom. The second kappa shape index (κ2) is 3.38. The quantitative estimate of drug-likeness (QED) is 0.690. The molecule has 0 saturated carbocycles. The van der Waals surface area contributed by atoms with E-state index in [-0.39, 0.29) is 6.42 Å². The van der Waals surface area contributed by atoms with Crippen molar-refractivity contribution < 1.29 is 22.3 Å². The van der Waals surface area contributed by atoms with Gasteiger partial charge in [0.05, 0.1) is 10.5 Å². The van der Waals surface area contributed by atoms with Gasteiger partial charge in [-0.2, -0.15) is 0 Å². The Hall–Kier alpha value is -0.230. The van der Waals surface area contributed by atoms with Gasteiger partial charge in [0.1, 0.15) is 6.10 Å². The lowest BCUT2D eigenvalue weighted by atomic mass is 10.0. The first-order chi connectivity index (χ1) is 6.84. The number of alkyl halides is 2. The predicted octanol–water partition coefficient (Wildman–Crippen LogP) is 1.11. The minimum atomic E-state index is -3.45. The van der Waals surface area contributed by atoms with Gasteiger partial charge in [-0.15, -0.1) is 0 Å². The maximum atomic E-state index is 13.3. The summed E-state index contributed by atoms with van der Waals surface area (Å²) in [6.45, 7) is 0. The van der Waals surface area contributed by atoms with Crippen LogP contribution in [0.15, 0.2) is 0 Å². The zero-order chi connectivity index (χ0) is 11.3. The summed E-state index contributed by atoms with van der Waals surface area (Å²) >= 11 is 0. The smallest absolute Gasteiger partial charge is 0.274 e. The summed E-state index contributed by atoms with van der Waals surface area (Å²) in [6, 6.07) is 0. The van der Waals surface area contributed by atoms with Crippen LogP contribution in [0.25, 0.3) is 0 Å². The van der Waals surface area contributed by atoms with Crippen molar-refractivity contribution in [1.82, 2.24) is 0 Å². The van der Waals surface area contributed by atoms with Crippen LogP contribution in [-0.4, -0.2) is 36.1 Å². The van der Waals surface area contributed by atoms with Gasteiger partial charge in [-0.05, 0) is 19.3 Å². The van der Waals surface area contributed by atoms with Crippen LogP contribution in [0.1, 0.15) is 32.1 Å². The summed E-state index contributed by atoms with van der Waals surface area (Å²) in [7, 11) is -3.45. The van der Waals surface area contributed by atoms with E-state index < -0.39 is 38.8 Å². The molecule has 3 atom stereocenters. The molecule has 0 aromatic heterocycles. The number of aliphatic hydroxyl groups excluding tert-OH is 1. The van der Waals surface area contributed by atoms with Crippen LogP contribution in [0, 0.1) is 0 Å². The van der Waals surface area contributed by atoms with Crippen molar-refractivity contribution in [3.05, 3.63) is 0 Å². The number of fused-ring (bicyclic) bond motifs is 2. The molecule has 2 fully saturated rings. The molecule has 2 aliphatic heterocycles. The van der Waals surface area contributed by atoms with E-state index in [4.69, 9.17) is 0 Å². The first kappa shape index (κ1) is 11.3. The van der Waals surface area contributed by atoms with Gasteiger partial charge in [0.15, 0.2) is 9.84 Å². The fourth-order valence-electron chi connectivity index (χ4n) is 2.51. The number of rotatable bonds is 0. The second-order valence-electron chi connectivity index (χ2n) is 4.48. The van der Waals surface area contributed by atoms with Gasteiger partial charge in [0, 0.05) is 6.42 Å². The van der Waals surface area contributed by atoms with Crippen LogP contribution < -0.4 is 0 Å². The number of hydrogen-bond acceptors (Lipinski definition) is 3. The third-order valence-electron chi connectivity index (χ3n) is 3.45. The lowest BCUT2D eigenvalue weighted by molar-refractivity contribution is -0.113. The molecule has 0 aromatic rings. The minimum absolute atomic E-state index is 0.307. The van der Waals surface area contributed by atoms with E-state index in [1.165, 1.54) is 0 Å². The van der Waals surface area contributed by atoms with E-state index in [1.807, 2.05) is 0 Å². The molecule has 2 heterocycles. The van der Waals surface area contributed by atoms with Crippen LogP contribution in [0.3, 0.4) is 0 Å². The van der Waals surface area contributed by atoms with Gasteiger partial charge >= 0.3 is 0 Å². The third kappa shape index (κ3) is 1.78. The number of aliphatic hydroxyl groups is 1. The Kier molecular flexibility index (Phi) is 2.54. The summed E-state index contributed by atoms with van der Waals surface area (Å²) in [5.41, 5.74) is 0. The molecule has 3 unspecified atom stereocenters. The van der Waals surface area contributed by atoms with Crippen LogP contribution >= 0.6 is 0 Å². The van der Waals surface area contributed by atoms with Crippen molar-refractivity contribution >= 4 is 9.84 Å². The van der Waals surface area contributed by atoms with E-state index >= 15 is 0 Å². The number of hydrogen-bond donors (Lipinski definition) is 1. The molecule has 2 aliphatic rings. The molecule has 0 aromatic carbocycles. The second-order valence-corrected chi connectivity index (χ2v) is 6.99. The van der Waals surface area contributed by atoms with Gasteiger partial charge in [-0.3, -0.25) is 0 Å². The van der Waals surface area contributed by atoms with Gasteiger partial charge in [0.25, 0.3) is 5.92 Å². The molecule has 0 aliphatic carbocycles. The third-order valence-corrected chi connectivity index (χ3v) is 6.14. The average molecular weight is 240 g/mol. The molecule has 2 rings (SSSR count). The molecular weight excluding hydrogens is 226 g/mol. The Morgan fingerprint density at radius 2 is 1.80 bits per heavy atom. The summed E-state index contributed by atoms with van der Waals surface area (Å²) in [5.74, 6) is -3.25. The van der Waals surface area contributed by atoms with Crippen LogP contribution in [0.4, 0.5) is 8.78 Å². The highest BCUT2D eigenvalue weighted by Crippen LogP contribution is 2.41. The monoisotopic (exact) mass is 240 g/mol. The highest BCUT2D eigenvalue weighted by Gasteiger charge is 2.52. The van der Waals surface area contributed by atoms with Gasteiger partial charge < -0.3 is 5.11 Å². The minimum Gasteiger partial charge on any atom is -0.387 e.